The third kappa shape index (κ3) is 3.11. The second kappa shape index (κ2) is 6.06. The van der Waals surface area contributed by atoms with Crippen LogP contribution in [0.3, 0.4) is 0 Å². The second-order valence-corrected chi connectivity index (χ2v) is 5.07. The van der Waals surface area contributed by atoms with Crippen LogP contribution in [-0.4, -0.2) is 12.0 Å². The van der Waals surface area contributed by atoms with E-state index in [0.717, 1.165) is 24.0 Å². The molecule has 0 radical (unpaired) electrons. The van der Waals surface area contributed by atoms with Gasteiger partial charge in [-0.15, -0.1) is 0 Å². The largest absolute Gasteiger partial charge is 0.459 e. The summed E-state index contributed by atoms with van der Waals surface area (Å²) in [7, 11) is 1.90. The minimum Gasteiger partial charge on any atom is -0.459 e. The molecule has 0 bridgehead atoms. The number of hydrogen-bond acceptors (Lipinski definition) is 3. The molecule has 2 heterocycles. The van der Waals surface area contributed by atoms with Crippen molar-refractivity contribution in [3.63, 3.8) is 0 Å². The summed E-state index contributed by atoms with van der Waals surface area (Å²) in [5.41, 5.74) is 1.91. The summed E-state index contributed by atoms with van der Waals surface area (Å²) < 4.78 is 19.1. The number of nitrogens with one attached hydrogen (secondary N) is 1. The van der Waals surface area contributed by atoms with E-state index in [1.165, 1.54) is 17.7 Å². The molecule has 0 fully saturated rings. The Balaban J connectivity index is 1.78. The molecule has 1 atom stereocenters. The first-order chi connectivity index (χ1) is 10.3. The van der Waals surface area contributed by atoms with Gasteiger partial charge < -0.3 is 9.73 Å². The van der Waals surface area contributed by atoms with Gasteiger partial charge in [0.2, 0.25) is 0 Å². The van der Waals surface area contributed by atoms with Gasteiger partial charge in [-0.25, -0.2) is 4.39 Å². The highest BCUT2D eigenvalue weighted by Crippen LogP contribution is 2.27. The standard InChI is InChI=1S/C17H17FN2O/c1-19-15(6-4-12-3-2-8-20-11-12)17-10-13-9-14(18)5-7-16(13)21-17/h2-3,5,7-11,15,19H,4,6H2,1H3. The number of furan rings is 1. The third-order valence-corrected chi connectivity index (χ3v) is 3.63. The molecule has 21 heavy (non-hydrogen) atoms. The number of rotatable bonds is 5. The van der Waals surface area contributed by atoms with Crippen molar-refractivity contribution in [3.05, 3.63) is 65.9 Å². The number of nitrogens with zero attached hydrogens (tertiary/aromatic N) is 1. The van der Waals surface area contributed by atoms with Gasteiger partial charge in [0, 0.05) is 17.8 Å². The van der Waals surface area contributed by atoms with Gasteiger partial charge in [0.15, 0.2) is 0 Å². The van der Waals surface area contributed by atoms with Crippen LogP contribution in [0.4, 0.5) is 4.39 Å². The quantitative estimate of drug-likeness (QED) is 0.773. The summed E-state index contributed by atoms with van der Waals surface area (Å²) in [5.74, 6) is 0.591. The maximum Gasteiger partial charge on any atom is 0.134 e. The van der Waals surface area contributed by atoms with Gasteiger partial charge in [-0.1, -0.05) is 6.07 Å². The van der Waals surface area contributed by atoms with Crippen LogP contribution in [0.5, 0.6) is 0 Å². The summed E-state index contributed by atoms with van der Waals surface area (Å²) in [4.78, 5) is 4.12. The highest BCUT2D eigenvalue weighted by Gasteiger charge is 2.15. The zero-order valence-electron chi connectivity index (χ0n) is 11.8. The molecule has 3 aromatic rings. The Bertz CT molecular complexity index is 724. The first kappa shape index (κ1) is 13.8. The Hall–Kier alpha value is -2.20. The van der Waals surface area contributed by atoms with Crippen molar-refractivity contribution in [2.24, 2.45) is 0 Å². The molecule has 1 unspecified atom stereocenters. The number of fused-ring (bicyclic) bond motifs is 1. The van der Waals surface area contributed by atoms with Crippen molar-refractivity contribution in [2.75, 3.05) is 7.05 Å². The predicted molar refractivity (Wildman–Crippen MR) is 80.5 cm³/mol. The zero-order chi connectivity index (χ0) is 14.7. The van der Waals surface area contributed by atoms with E-state index >= 15 is 0 Å². The van der Waals surface area contributed by atoms with Crippen molar-refractivity contribution in [1.29, 1.82) is 0 Å². The van der Waals surface area contributed by atoms with Crippen molar-refractivity contribution in [1.82, 2.24) is 10.3 Å². The molecular weight excluding hydrogens is 267 g/mol. The summed E-state index contributed by atoms with van der Waals surface area (Å²) in [6.45, 7) is 0. The van der Waals surface area contributed by atoms with Gasteiger partial charge in [0.25, 0.3) is 0 Å². The van der Waals surface area contributed by atoms with Crippen LogP contribution >= 0.6 is 0 Å². The number of hydrogen-bond donors (Lipinski definition) is 1. The van der Waals surface area contributed by atoms with Crippen LogP contribution in [-0.2, 0) is 6.42 Å². The van der Waals surface area contributed by atoms with Gasteiger partial charge in [-0.05, 0) is 55.8 Å². The predicted octanol–water partition coefficient (Wildman–Crippen LogP) is 3.86. The van der Waals surface area contributed by atoms with Crippen LogP contribution < -0.4 is 5.32 Å². The lowest BCUT2D eigenvalue weighted by Crippen LogP contribution is -2.16. The normalized spacial score (nSPS) is 12.7. The SMILES string of the molecule is CNC(CCc1cccnc1)c1cc2cc(F)ccc2o1. The highest BCUT2D eigenvalue weighted by molar-refractivity contribution is 5.78. The van der Waals surface area contributed by atoms with Gasteiger partial charge in [0.1, 0.15) is 17.2 Å². The molecule has 0 aliphatic carbocycles. The molecule has 0 aliphatic heterocycles. The van der Waals surface area contributed by atoms with Crippen molar-refractivity contribution in [3.8, 4) is 0 Å². The fourth-order valence-corrected chi connectivity index (χ4v) is 2.49. The molecule has 3 rings (SSSR count). The fraction of sp³-hybridized carbons (Fsp3) is 0.235. The molecule has 0 saturated carbocycles. The van der Waals surface area contributed by atoms with Crippen LogP contribution in [0.1, 0.15) is 23.8 Å². The van der Waals surface area contributed by atoms with Crippen LogP contribution in [0, 0.1) is 5.82 Å². The van der Waals surface area contributed by atoms with Crippen molar-refractivity contribution < 1.29 is 8.81 Å². The number of benzene rings is 1. The number of aromatic nitrogens is 1. The average molecular weight is 284 g/mol. The van der Waals surface area contributed by atoms with Crippen molar-refractivity contribution in [2.45, 2.75) is 18.9 Å². The van der Waals surface area contributed by atoms with Gasteiger partial charge in [-0.3, -0.25) is 4.98 Å². The Kier molecular flexibility index (Phi) is 3.97. The van der Waals surface area contributed by atoms with Crippen molar-refractivity contribution >= 4 is 11.0 Å². The van der Waals surface area contributed by atoms with Gasteiger partial charge in [-0.2, -0.15) is 0 Å². The lowest BCUT2D eigenvalue weighted by atomic mass is 10.0. The monoisotopic (exact) mass is 284 g/mol. The van der Waals surface area contributed by atoms with E-state index in [1.807, 2.05) is 25.4 Å². The number of pyridine rings is 1. The van der Waals surface area contributed by atoms with E-state index < -0.39 is 0 Å². The Morgan fingerprint density at radius 2 is 2.19 bits per heavy atom. The van der Waals surface area contributed by atoms with E-state index in [2.05, 4.69) is 16.4 Å². The summed E-state index contributed by atoms with van der Waals surface area (Å²) in [5, 5.41) is 4.05. The number of aryl methyl sites for hydroxylation is 1. The maximum atomic E-state index is 13.2. The topological polar surface area (TPSA) is 38.1 Å². The summed E-state index contributed by atoms with van der Waals surface area (Å²) in [6, 6.07) is 10.6. The Morgan fingerprint density at radius 3 is 2.95 bits per heavy atom. The van der Waals surface area contributed by atoms with Gasteiger partial charge in [0.05, 0.1) is 6.04 Å². The van der Waals surface area contributed by atoms with E-state index in [9.17, 15) is 4.39 Å². The lowest BCUT2D eigenvalue weighted by molar-refractivity contribution is 0.433. The van der Waals surface area contributed by atoms with E-state index in [4.69, 9.17) is 4.42 Å². The first-order valence-electron chi connectivity index (χ1n) is 7.01. The maximum absolute atomic E-state index is 13.2. The molecular formula is C17H17FN2O. The average Bonchev–Trinajstić information content (AvgIpc) is 2.92. The summed E-state index contributed by atoms with van der Waals surface area (Å²) >= 11 is 0. The lowest BCUT2D eigenvalue weighted by Gasteiger charge is -2.13. The molecule has 108 valence electrons. The Labute approximate surface area is 122 Å². The van der Waals surface area contributed by atoms with Gasteiger partial charge >= 0.3 is 0 Å². The molecule has 1 aromatic carbocycles. The van der Waals surface area contributed by atoms with E-state index in [-0.39, 0.29) is 11.9 Å². The van der Waals surface area contributed by atoms with Crippen LogP contribution in [0.2, 0.25) is 0 Å². The first-order valence-corrected chi connectivity index (χ1v) is 7.01. The molecule has 2 aromatic heterocycles. The minimum atomic E-state index is -0.244. The molecule has 4 heteroatoms. The molecule has 3 nitrogen and oxygen atoms in total. The molecule has 0 aliphatic rings. The van der Waals surface area contributed by atoms with E-state index in [1.54, 1.807) is 12.3 Å². The fourth-order valence-electron chi connectivity index (χ4n) is 2.49. The third-order valence-electron chi connectivity index (χ3n) is 3.63. The molecule has 1 N–H and O–H groups in total. The number of halogens is 1. The van der Waals surface area contributed by atoms with Crippen LogP contribution in [0.25, 0.3) is 11.0 Å². The smallest absolute Gasteiger partial charge is 0.134 e. The minimum absolute atomic E-state index is 0.0978. The second-order valence-electron chi connectivity index (χ2n) is 5.07. The molecule has 0 amide bonds. The zero-order valence-corrected chi connectivity index (χ0v) is 11.8. The summed E-state index contributed by atoms with van der Waals surface area (Å²) in [6.07, 6.45) is 5.45. The molecule has 0 saturated heterocycles. The van der Waals surface area contributed by atoms with E-state index in [0.29, 0.717) is 5.58 Å². The Morgan fingerprint density at radius 1 is 1.29 bits per heavy atom. The highest BCUT2D eigenvalue weighted by atomic mass is 19.1. The van der Waals surface area contributed by atoms with Crippen LogP contribution in [0.15, 0.2) is 53.2 Å². The molecule has 0 spiro atoms.